The maximum Gasteiger partial charge on any atom is 0.219 e. The Bertz CT molecular complexity index is 448. The number of thioether (sulfide) groups is 1. The Labute approximate surface area is 157 Å². The van der Waals surface area contributed by atoms with Crippen LogP contribution in [0.3, 0.4) is 0 Å². The Kier molecular flexibility index (Phi) is 12.8. The smallest absolute Gasteiger partial charge is 0.219 e. The molecule has 0 aliphatic rings. The molecule has 134 valence electrons. The standard InChI is InChI=1S/C20H30O2S2/c1-3-4-7-14-19(22-20(23)24-2)15-10-6-11-16-21-17-18-12-8-5-9-13-18/h3,5,8-9,12-13,19H,1,4,6-7,10-11,14-17H2,2H3. The van der Waals surface area contributed by atoms with E-state index in [4.69, 9.17) is 21.7 Å². The van der Waals surface area contributed by atoms with Crippen molar-refractivity contribution in [2.24, 2.45) is 0 Å². The molecule has 4 heteroatoms. The molecule has 1 atom stereocenters. The molecule has 0 spiro atoms. The Morgan fingerprint density at radius 3 is 2.62 bits per heavy atom. The molecule has 1 aromatic rings. The van der Waals surface area contributed by atoms with E-state index >= 15 is 0 Å². The van der Waals surface area contributed by atoms with E-state index in [9.17, 15) is 0 Å². The predicted octanol–water partition coefficient (Wildman–Crippen LogP) is 6.15. The lowest BCUT2D eigenvalue weighted by atomic mass is 10.0. The van der Waals surface area contributed by atoms with Gasteiger partial charge in [-0.25, -0.2) is 0 Å². The molecule has 1 rings (SSSR count). The lowest BCUT2D eigenvalue weighted by molar-refractivity contribution is 0.114. The molecule has 0 bridgehead atoms. The SMILES string of the molecule is C=CCCCC(CCCCCOCc1ccccc1)OC(=S)SC. The average molecular weight is 367 g/mol. The number of hydrogen-bond acceptors (Lipinski definition) is 4. The minimum atomic E-state index is 0.245. The first-order valence-corrected chi connectivity index (χ1v) is 10.4. The fraction of sp³-hybridized carbons (Fsp3) is 0.550. The van der Waals surface area contributed by atoms with Crippen LogP contribution in [0.5, 0.6) is 0 Å². The quantitative estimate of drug-likeness (QED) is 0.236. The first-order chi connectivity index (χ1) is 11.8. The average Bonchev–Trinajstić information content (AvgIpc) is 2.61. The van der Waals surface area contributed by atoms with Crippen molar-refractivity contribution in [2.75, 3.05) is 12.9 Å². The fourth-order valence-corrected chi connectivity index (χ4v) is 2.82. The van der Waals surface area contributed by atoms with Crippen molar-refractivity contribution in [3.05, 3.63) is 48.6 Å². The minimum absolute atomic E-state index is 0.245. The highest BCUT2D eigenvalue weighted by Gasteiger charge is 2.11. The van der Waals surface area contributed by atoms with Crippen LogP contribution >= 0.6 is 24.0 Å². The number of thiocarbonyl (C=S) groups is 1. The van der Waals surface area contributed by atoms with Gasteiger partial charge >= 0.3 is 0 Å². The summed E-state index contributed by atoms with van der Waals surface area (Å²) in [7, 11) is 0. The van der Waals surface area contributed by atoms with E-state index in [2.05, 4.69) is 18.7 Å². The van der Waals surface area contributed by atoms with Crippen molar-refractivity contribution in [1.82, 2.24) is 0 Å². The molecule has 0 aliphatic heterocycles. The molecule has 0 saturated heterocycles. The predicted molar refractivity (Wildman–Crippen MR) is 110 cm³/mol. The molecular weight excluding hydrogens is 336 g/mol. The van der Waals surface area contributed by atoms with Crippen molar-refractivity contribution in [2.45, 2.75) is 57.7 Å². The van der Waals surface area contributed by atoms with Gasteiger partial charge in [-0.15, -0.1) is 6.58 Å². The lowest BCUT2D eigenvalue weighted by Crippen LogP contribution is -2.15. The third-order valence-electron chi connectivity index (χ3n) is 3.79. The van der Waals surface area contributed by atoms with Gasteiger partial charge < -0.3 is 9.47 Å². The molecule has 0 aliphatic carbocycles. The van der Waals surface area contributed by atoms with E-state index in [1.54, 1.807) is 0 Å². The number of ether oxygens (including phenoxy) is 2. The molecular formula is C20H30O2S2. The molecule has 0 fully saturated rings. The van der Waals surface area contributed by atoms with Crippen LogP contribution in [0.2, 0.25) is 0 Å². The first kappa shape index (κ1) is 21.2. The van der Waals surface area contributed by atoms with Gasteiger partial charge in [-0.05, 0) is 62.6 Å². The summed E-state index contributed by atoms with van der Waals surface area (Å²) in [6.45, 7) is 5.30. The summed E-state index contributed by atoms with van der Waals surface area (Å²) in [6, 6.07) is 10.3. The Balaban J connectivity index is 2.10. The fourth-order valence-electron chi connectivity index (χ4n) is 2.45. The van der Waals surface area contributed by atoms with Crippen molar-refractivity contribution in [1.29, 1.82) is 0 Å². The third kappa shape index (κ3) is 10.8. The summed E-state index contributed by atoms with van der Waals surface area (Å²) in [6.07, 6.45) is 11.9. The molecule has 0 aromatic heterocycles. The molecule has 24 heavy (non-hydrogen) atoms. The van der Waals surface area contributed by atoms with Gasteiger partial charge in [0.25, 0.3) is 0 Å². The monoisotopic (exact) mass is 366 g/mol. The van der Waals surface area contributed by atoms with Gasteiger partial charge in [0.05, 0.1) is 6.61 Å². The van der Waals surface area contributed by atoms with Crippen molar-refractivity contribution in [3.8, 4) is 0 Å². The Morgan fingerprint density at radius 2 is 1.92 bits per heavy atom. The topological polar surface area (TPSA) is 18.5 Å². The van der Waals surface area contributed by atoms with Crippen LogP contribution in [0.4, 0.5) is 0 Å². The van der Waals surface area contributed by atoms with Gasteiger partial charge in [0.1, 0.15) is 6.10 Å². The molecule has 1 aromatic carbocycles. The highest BCUT2D eigenvalue weighted by Crippen LogP contribution is 2.17. The minimum Gasteiger partial charge on any atom is -0.475 e. The Hall–Kier alpha value is -0.840. The highest BCUT2D eigenvalue weighted by atomic mass is 32.2. The van der Waals surface area contributed by atoms with Gasteiger partial charge in [0.2, 0.25) is 4.38 Å². The molecule has 2 nitrogen and oxygen atoms in total. The zero-order valence-corrected chi connectivity index (χ0v) is 16.4. The number of allylic oxidation sites excluding steroid dienone is 1. The van der Waals surface area contributed by atoms with E-state index in [0.29, 0.717) is 11.0 Å². The van der Waals surface area contributed by atoms with E-state index in [1.807, 2.05) is 30.5 Å². The maximum absolute atomic E-state index is 5.86. The van der Waals surface area contributed by atoms with Gasteiger partial charge in [0.15, 0.2) is 0 Å². The second-order valence-corrected chi connectivity index (χ2v) is 7.21. The molecule has 0 radical (unpaired) electrons. The first-order valence-electron chi connectivity index (χ1n) is 8.73. The van der Waals surface area contributed by atoms with E-state index in [-0.39, 0.29) is 6.10 Å². The normalized spacial score (nSPS) is 11.9. The van der Waals surface area contributed by atoms with Crippen molar-refractivity contribution in [3.63, 3.8) is 0 Å². The molecule has 0 heterocycles. The summed E-state index contributed by atoms with van der Waals surface area (Å²) < 4.78 is 12.2. The van der Waals surface area contributed by atoms with E-state index in [0.717, 1.165) is 45.1 Å². The van der Waals surface area contributed by atoms with Crippen molar-refractivity contribution < 1.29 is 9.47 Å². The van der Waals surface area contributed by atoms with Crippen LogP contribution in [0.1, 0.15) is 50.5 Å². The number of benzene rings is 1. The zero-order valence-electron chi connectivity index (χ0n) is 14.7. The van der Waals surface area contributed by atoms with Crippen LogP contribution < -0.4 is 0 Å². The molecule has 1 unspecified atom stereocenters. The van der Waals surface area contributed by atoms with Crippen LogP contribution in [0, 0.1) is 0 Å². The second-order valence-electron chi connectivity index (χ2n) is 5.80. The largest absolute Gasteiger partial charge is 0.475 e. The van der Waals surface area contributed by atoms with Gasteiger partial charge in [-0.3, -0.25) is 0 Å². The highest BCUT2D eigenvalue weighted by molar-refractivity contribution is 8.22. The molecule has 0 N–H and O–H groups in total. The van der Waals surface area contributed by atoms with Crippen LogP contribution in [0.15, 0.2) is 43.0 Å². The second kappa shape index (κ2) is 14.5. The van der Waals surface area contributed by atoms with Gasteiger partial charge in [-0.2, -0.15) is 0 Å². The maximum atomic E-state index is 5.86. The van der Waals surface area contributed by atoms with Crippen LogP contribution in [-0.4, -0.2) is 23.3 Å². The van der Waals surface area contributed by atoms with Crippen LogP contribution in [0.25, 0.3) is 0 Å². The van der Waals surface area contributed by atoms with Gasteiger partial charge in [0, 0.05) is 6.61 Å². The van der Waals surface area contributed by atoms with E-state index < -0.39 is 0 Å². The summed E-state index contributed by atoms with van der Waals surface area (Å²) in [4.78, 5) is 0. The van der Waals surface area contributed by atoms with Gasteiger partial charge in [-0.1, -0.05) is 54.6 Å². The lowest BCUT2D eigenvalue weighted by Gasteiger charge is -2.18. The number of unbranched alkanes of at least 4 members (excludes halogenated alkanes) is 3. The van der Waals surface area contributed by atoms with Crippen molar-refractivity contribution >= 4 is 28.4 Å². The Morgan fingerprint density at radius 1 is 1.17 bits per heavy atom. The summed E-state index contributed by atoms with van der Waals surface area (Å²) in [5.74, 6) is 0. The van der Waals surface area contributed by atoms with Crippen LogP contribution in [-0.2, 0) is 16.1 Å². The number of hydrogen-bond donors (Lipinski definition) is 0. The third-order valence-corrected chi connectivity index (χ3v) is 4.82. The summed E-state index contributed by atoms with van der Waals surface area (Å²) in [5, 5.41) is 0. The summed E-state index contributed by atoms with van der Waals surface area (Å²) >= 11 is 6.70. The molecule has 0 amide bonds. The van der Waals surface area contributed by atoms with E-state index in [1.165, 1.54) is 23.7 Å². The molecule has 0 saturated carbocycles. The number of rotatable bonds is 13. The summed E-state index contributed by atoms with van der Waals surface area (Å²) in [5.41, 5.74) is 1.23. The zero-order chi connectivity index (χ0) is 17.5.